The van der Waals surface area contributed by atoms with Crippen molar-refractivity contribution < 1.29 is 18.3 Å². The van der Waals surface area contributed by atoms with Crippen molar-refractivity contribution in [2.75, 3.05) is 11.5 Å². The van der Waals surface area contributed by atoms with Gasteiger partial charge in [-0.15, -0.1) is 0 Å². The lowest BCUT2D eigenvalue weighted by Gasteiger charge is -2.24. The first kappa shape index (κ1) is 13.1. The standard InChI is InChI=1S/C11H16N2O4S/c1-7-9(10(14)15)8(2)13(12-7)11(3)4-5-18(16,17)6-11/h4-6H2,1-3H3,(H,14,15)/t11-/m1/s1. The van der Waals surface area contributed by atoms with E-state index in [4.69, 9.17) is 5.11 Å². The predicted molar refractivity (Wildman–Crippen MR) is 65.6 cm³/mol. The van der Waals surface area contributed by atoms with Crippen LogP contribution in [0.25, 0.3) is 0 Å². The van der Waals surface area contributed by atoms with Gasteiger partial charge in [0.15, 0.2) is 9.84 Å². The molecule has 0 aromatic carbocycles. The van der Waals surface area contributed by atoms with Crippen LogP contribution in [0.2, 0.25) is 0 Å². The summed E-state index contributed by atoms with van der Waals surface area (Å²) in [5.74, 6) is -0.883. The molecule has 100 valence electrons. The minimum atomic E-state index is -3.05. The third kappa shape index (κ3) is 1.92. The Hall–Kier alpha value is -1.37. The average molecular weight is 272 g/mol. The van der Waals surface area contributed by atoms with Crippen molar-refractivity contribution in [1.82, 2.24) is 9.78 Å². The number of nitrogens with zero attached hydrogens (tertiary/aromatic N) is 2. The zero-order valence-corrected chi connectivity index (χ0v) is 11.4. The van der Waals surface area contributed by atoms with E-state index in [9.17, 15) is 13.2 Å². The number of aryl methyl sites for hydroxylation is 1. The van der Waals surface area contributed by atoms with Gasteiger partial charge in [-0.3, -0.25) is 4.68 Å². The molecule has 0 bridgehead atoms. The minimum absolute atomic E-state index is 0.0149. The Labute approximate surface area is 106 Å². The molecule has 0 amide bonds. The lowest BCUT2D eigenvalue weighted by molar-refractivity contribution is 0.0695. The van der Waals surface area contributed by atoms with Gasteiger partial charge in [-0.1, -0.05) is 0 Å². The van der Waals surface area contributed by atoms with Crippen molar-refractivity contribution >= 4 is 15.8 Å². The third-order valence-electron chi connectivity index (χ3n) is 3.50. The van der Waals surface area contributed by atoms with E-state index in [0.29, 0.717) is 17.8 Å². The number of hydrogen-bond donors (Lipinski definition) is 1. The molecule has 0 radical (unpaired) electrons. The zero-order chi connectivity index (χ0) is 13.7. The fourth-order valence-electron chi connectivity index (χ4n) is 2.64. The summed E-state index contributed by atoms with van der Waals surface area (Å²) in [5, 5.41) is 13.3. The Morgan fingerprint density at radius 2 is 2.06 bits per heavy atom. The van der Waals surface area contributed by atoms with E-state index in [2.05, 4.69) is 5.10 Å². The van der Waals surface area contributed by atoms with Crippen LogP contribution in [0, 0.1) is 13.8 Å². The summed E-state index contributed by atoms with van der Waals surface area (Å²) >= 11 is 0. The van der Waals surface area contributed by atoms with Gasteiger partial charge in [0, 0.05) is 0 Å². The highest BCUT2D eigenvalue weighted by molar-refractivity contribution is 7.91. The van der Waals surface area contributed by atoms with Gasteiger partial charge in [0.05, 0.1) is 28.4 Å². The Morgan fingerprint density at radius 1 is 1.44 bits per heavy atom. The summed E-state index contributed by atoms with van der Waals surface area (Å²) in [6.45, 7) is 5.10. The number of rotatable bonds is 2. The lowest BCUT2D eigenvalue weighted by atomic mass is 10.0. The zero-order valence-electron chi connectivity index (χ0n) is 10.6. The monoisotopic (exact) mass is 272 g/mol. The Bertz CT molecular complexity index is 617. The molecule has 7 heteroatoms. The lowest BCUT2D eigenvalue weighted by Crippen LogP contribution is -2.33. The van der Waals surface area contributed by atoms with Crippen molar-refractivity contribution in [3.8, 4) is 0 Å². The molecule has 0 unspecified atom stereocenters. The number of carboxylic acids is 1. The molecule has 18 heavy (non-hydrogen) atoms. The molecule has 1 N–H and O–H groups in total. The highest BCUT2D eigenvalue weighted by atomic mass is 32.2. The Kier molecular flexibility index (Phi) is 2.77. The Morgan fingerprint density at radius 3 is 2.44 bits per heavy atom. The first-order valence-corrected chi connectivity index (χ1v) is 7.49. The topological polar surface area (TPSA) is 89.3 Å². The number of carbonyl (C=O) groups is 1. The molecule has 1 aromatic rings. The second kappa shape index (κ2) is 3.81. The van der Waals surface area contributed by atoms with Gasteiger partial charge in [0.1, 0.15) is 5.56 Å². The number of sulfone groups is 1. The summed E-state index contributed by atoms with van der Waals surface area (Å²) in [5.41, 5.74) is 0.465. The SMILES string of the molecule is Cc1nn([C@]2(C)CCS(=O)(=O)C2)c(C)c1C(=O)O. The molecule has 0 aliphatic carbocycles. The maximum absolute atomic E-state index is 11.6. The van der Waals surface area contributed by atoms with E-state index in [0.717, 1.165) is 0 Å². The third-order valence-corrected chi connectivity index (χ3v) is 5.39. The molecule has 0 saturated carbocycles. The maximum Gasteiger partial charge on any atom is 0.339 e. The summed E-state index contributed by atoms with van der Waals surface area (Å²) < 4.78 is 24.8. The number of aromatic nitrogens is 2. The summed E-state index contributed by atoms with van der Waals surface area (Å²) in [4.78, 5) is 11.1. The highest BCUT2D eigenvalue weighted by Crippen LogP contribution is 2.32. The van der Waals surface area contributed by atoms with E-state index in [1.165, 1.54) is 0 Å². The predicted octanol–water partition coefficient (Wildman–Crippen LogP) is 0.732. The van der Waals surface area contributed by atoms with Gasteiger partial charge in [0.2, 0.25) is 0 Å². The molecule has 6 nitrogen and oxygen atoms in total. The van der Waals surface area contributed by atoms with Crippen LogP contribution in [0.5, 0.6) is 0 Å². The van der Waals surface area contributed by atoms with Crippen LogP contribution < -0.4 is 0 Å². The van der Waals surface area contributed by atoms with Crippen LogP contribution in [0.3, 0.4) is 0 Å². The Balaban J connectivity index is 2.54. The van der Waals surface area contributed by atoms with Gasteiger partial charge in [-0.05, 0) is 27.2 Å². The van der Waals surface area contributed by atoms with Gasteiger partial charge >= 0.3 is 5.97 Å². The molecule has 1 aliphatic rings. The smallest absolute Gasteiger partial charge is 0.339 e. The maximum atomic E-state index is 11.6. The minimum Gasteiger partial charge on any atom is -0.478 e. The van der Waals surface area contributed by atoms with E-state index in [-0.39, 0.29) is 17.1 Å². The van der Waals surface area contributed by atoms with Crippen molar-refractivity contribution in [3.63, 3.8) is 0 Å². The average Bonchev–Trinajstić information content (AvgIpc) is 2.65. The van der Waals surface area contributed by atoms with E-state index < -0.39 is 21.3 Å². The molecule has 0 spiro atoms. The second-order valence-corrected chi connectivity index (χ2v) is 7.29. The normalized spacial score (nSPS) is 26.4. The van der Waals surface area contributed by atoms with E-state index in [1.54, 1.807) is 18.5 Å². The van der Waals surface area contributed by atoms with Crippen LogP contribution in [0.1, 0.15) is 35.1 Å². The second-order valence-electron chi connectivity index (χ2n) is 5.10. The van der Waals surface area contributed by atoms with Crippen LogP contribution >= 0.6 is 0 Å². The highest BCUT2D eigenvalue weighted by Gasteiger charge is 2.42. The molecule has 1 fully saturated rings. The van der Waals surface area contributed by atoms with Crippen LogP contribution in [0.4, 0.5) is 0 Å². The first-order valence-electron chi connectivity index (χ1n) is 5.67. The quantitative estimate of drug-likeness (QED) is 0.857. The molecule has 1 saturated heterocycles. The van der Waals surface area contributed by atoms with Gasteiger partial charge < -0.3 is 5.11 Å². The fourth-order valence-corrected chi connectivity index (χ4v) is 4.75. The molecular weight excluding hydrogens is 256 g/mol. The van der Waals surface area contributed by atoms with Crippen molar-refractivity contribution in [3.05, 3.63) is 17.0 Å². The van der Waals surface area contributed by atoms with Crippen molar-refractivity contribution in [2.45, 2.75) is 32.7 Å². The van der Waals surface area contributed by atoms with Crippen LogP contribution in [-0.4, -0.2) is 40.8 Å². The van der Waals surface area contributed by atoms with Crippen LogP contribution in [-0.2, 0) is 15.4 Å². The van der Waals surface area contributed by atoms with E-state index in [1.807, 2.05) is 6.92 Å². The van der Waals surface area contributed by atoms with Gasteiger partial charge in [-0.2, -0.15) is 5.10 Å². The number of hydrogen-bond acceptors (Lipinski definition) is 4. The van der Waals surface area contributed by atoms with Crippen LogP contribution in [0.15, 0.2) is 0 Å². The van der Waals surface area contributed by atoms with E-state index >= 15 is 0 Å². The molecular formula is C11H16N2O4S. The van der Waals surface area contributed by atoms with Crippen molar-refractivity contribution in [1.29, 1.82) is 0 Å². The summed E-state index contributed by atoms with van der Waals surface area (Å²) in [7, 11) is -3.05. The molecule has 2 heterocycles. The first-order chi connectivity index (χ1) is 8.16. The fraction of sp³-hybridized carbons (Fsp3) is 0.636. The molecule has 2 rings (SSSR count). The van der Waals surface area contributed by atoms with Crippen molar-refractivity contribution in [2.24, 2.45) is 0 Å². The molecule has 1 aliphatic heterocycles. The molecule has 1 atom stereocenters. The summed E-state index contributed by atoms with van der Waals surface area (Å²) in [6.07, 6.45) is 0.469. The molecule has 1 aromatic heterocycles. The van der Waals surface area contributed by atoms with Gasteiger partial charge in [0.25, 0.3) is 0 Å². The number of aromatic carboxylic acids is 1. The van der Waals surface area contributed by atoms with Gasteiger partial charge in [-0.25, -0.2) is 13.2 Å². The number of carboxylic acid groups (broad SMARTS) is 1. The summed E-state index contributed by atoms with van der Waals surface area (Å²) in [6, 6.07) is 0. The largest absolute Gasteiger partial charge is 0.478 e.